The molecule has 3 aliphatic rings. The fourth-order valence-electron chi connectivity index (χ4n) is 4.33. The highest BCUT2D eigenvalue weighted by atomic mass is 16.2. The van der Waals surface area contributed by atoms with Gasteiger partial charge in [-0.25, -0.2) is 4.68 Å². The van der Waals surface area contributed by atoms with Gasteiger partial charge in [0.25, 0.3) is 0 Å². The molecule has 6 heteroatoms. The fraction of sp³-hybridized carbons (Fsp3) is 0.842. The number of hydrogen-bond donors (Lipinski definition) is 0. The SMILES string of the molecule is O=C(Cn1cc(C2CC2)nn1)N1CCCN(CC2CCCCC2)CC1. The molecule has 0 spiro atoms. The quantitative estimate of drug-likeness (QED) is 0.821. The zero-order chi connectivity index (χ0) is 17.1. The van der Waals surface area contributed by atoms with Crippen molar-refractivity contribution in [1.29, 1.82) is 0 Å². The first-order valence-corrected chi connectivity index (χ1v) is 10.2. The molecule has 1 aromatic heterocycles. The molecule has 0 radical (unpaired) electrons. The van der Waals surface area contributed by atoms with E-state index in [4.69, 9.17) is 0 Å². The molecule has 25 heavy (non-hydrogen) atoms. The van der Waals surface area contributed by atoms with Crippen LogP contribution in [0, 0.1) is 5.92 Å². The Labute approximate surface area is 150 Å². The van der Waals surface area contributed by atoms with Gasteiger partial charge in [0.1, 0.15) is 6.54 Å². The summed E-state index contributed by atoms with van der Waals surface area (Å²) in [5, 5.41) is 8.34. The van der Waals surface area contributed by atoms with E-state index in [1.807, 2.05) is 11.1 Å². The van der Waals surface area contributed by atoms with Gasteiger partial charge in [-0.3, -0.25) is 4.79 Å². The van der Waals surface area contributed by atoms with Gasteiger partial charge in [0.05, 0.1) is 5.69 Å². The third-order valence-corrected chi connectivity index (χ3v) is 6.03. The summed E-state index contributed by atoms with van der Waals surface area (Å²) in [7, 11) is 0. The van der Waals surface area contributed by atoms with Crippen LogP contribution in [0.3, 0.4) is 0 Å². The Hall–Kier alpha value is -1.43. The molecule has 0 bridgehead atoms. The van der Waals surface area contributed by atoms with E-state index in [1.165, 1.54) is 51.5 Å². The predicted molar refractivity (Wildman–Crippen MR) is 96.2 cm³/mol. The van der Waals surface area contributed by atoms with Crippen LogP contribution in [0.5, 0.6) is 0 Å². The van der Waals surface area contributed by atoms with Crippen molar-refractivity contribution in [3.8, 4) is 0 Å². The second kappa shape index (κ2) is 7.85. The number of aromatic nitrogens is 3. The zero-order valence-electron chi connectivity index (χ0n) is 15.3. The summed E-state index contributed by atoms with van der Waals surface area (Å²) in [5.74, 6) is 1.66. The molecule has 4 rings (SSSR count). The van der Waals surface area contributed by atoms with Crippen LogP contribution >= 0.6 is 0 Å². The molecule has 0 N–H and O–H groups in total. The fourth-order valence-corrected chi connectivity index (χ4v) is 4.33. The van der Waals surface area contributed by atoms with E-state index in [-0.39, 0.29) is 5.91 Å². The Morgan fingerprint density at radius 1 is 1.00 bits per heavy atom. The molecule has 0 unspecified atom stereocenters. The molecule has 0 atom stereocenters. The van der Waals surface area contributed by atoms with E-state index in [1.54, 1.807) is 4.68 Å². The summed E-state index contributed by atoms with van der Waals surface area (Å²) in [6.07, 6.45) is 12.5. The highest BCUT2D eigenvalue weighted by molar-refractivity contribution is 5.75. The highest BCUT2D eigenvalue weighted by Crippen LogP contribution is 2.38. The van der Waals surface area contributed by atoms with E-state index in [0.29, 0.717) is 12.5 Å². The van der Waals surface area contributed by atoms with Crippen molar-refractivity contribution in [2.24, 2.45) is 5.92 Å². The smallest absolute Gasteiger partial charge is 0.244 e. The van der Waals surface area contributed by atoms with Gasteiger partial charge >= 0.3 is 0 Å². The third-order valence-electron chi connectivity index (χ3n) is 6.03. The minimum atomic E-state index is 0.187. The molecule has 1 saturated heterocycles. The molecule has 6 nitrogen and oxygen atoms in total. The van der Waals surface area contributed by atoms with Crippen LogP contribution in [0.4, 0.5) is 0 Å². The summed E-state index contributed by atoms with van der Waals surface area (Å²) >= 11 is 0. The summed E-state index contributed by atoms with van der Waals surface area (Å²) in [5.41, 5.74) is 1.06. The van der Waals surface area contributed by atoms with Gasteiger partial charge in [-0.05, 0) is 44.6 Å². The molecule has 138 valence electrons. The molecule has 3 fully saturated rings. The van der Waals surface area contributed by atoms with Crippen LogP contribution in [0.15, 0.2) is 6.20 Å². The molecule has 2 aliphatic carbocycles. The van der Waals surface area contributed by atoms with Crippen LogP contribution in [0.25, 0.3) is 0 Å². The van der Waals surface area contributed by atoms with E-state index in [2.05, 4.69) is 15.2 Å². The average Bonchev–Trinajstić information content (AvgIpc) is 3.41. The third kappa shape index (κ3) is 4.60. The largest absolute Gasteiger partial charge is 0.340 e. The van der Waals surface area contributed by atoms with Gasteiger partial charge < -0.3 is 9.80 Å². The van der Waals surface area contributed by atoms with Crippen molar-refractivity contribution < 1.29 is 4.79 Å². The van der Waals surface area contributed by atoms with E-state index in [0.717, 1.165) is 44.2 Å². The zero-order valence-corrected chi connectivity index (χ0v) is 15.3. The first kappa shape index (κ1) is 17.0. The second-order valence-corrected chi connectivity index (χ2v) is 8.15. The number of carbonyl (C=O) groups is 1. The summed E-state index contributed by atoms with van der Waals surface area (Å²) in [4.78, 5) is 17.2. The van der Waals surface area contributed by atoms with Crippen molar-refractivity contribution in [1.82, 2.24) is 24.8 Å². The predicted octanol–water partition coefficient (Wildman–Crippen LogP) is 2.27. The van der Waals surface area contributed by atoms with E-state index < -0.39 is 0 Å². The van der Waals surface area contributed by atoms with Crippen LogP contribution in [0.2, 0.25) is 0 Å². The summed E-state index contributed by atoms with van der Waals surface area (Å²) in [6.45, 7) is 5.46. The van der Waals surface area contributed by atoms with Gasteiger partial charge in [0, 0.05) is 38.3 Å². The average molecular weight is 345 g/mol. The minimum Gasteiger partial charge on any atom is -0.340 e. The van der Waals surface area contributed by atoms with Crippen LogP contribution < -0.4 is 0 Å². The van der Waals surface area contributed by atoms with E-state index >= 15 is 0 Å². The van der Waals surface area contributed by atoms with E-state index in [9.17, 15) is 4.79 Å². The molecule has 1 aliphatic heterocycles. The van der Waals surface area contributed by atoms with Crippen molar-refractivity contribution in [3.63, 3.8) is 0 Å². The molecule has 2 heterocycles. The maximum Gasteiger partial charge on any atom is 0.244 e. The van der Waals surface area contributed by atoms with Crippen molar-refractivity contribution in [2.45, 2.75) is 63.8 Å². The topological polar surface area (TPSA) is 54.3 Å². The van der Waals surface area contributed by atoms with Crippen LogP contribution in [-0.2, 0) is 11.3 Å². The Kier molecular flexibility index (Phi) is 5.34. The van der Waals surface area contributed by atoms with Gasteiger partial charge in [0.2, 0.25) is 5.91 Å². The van der Waals surface area contributed by atoms with Crippen LogP contribution in [-0.4, -0.2) is 63.4 Å². The normalized spacial score (nSPS) is 23.6. The van der Waals surface area contributed by atoms with Gasteiger partial charge in [0.15, 0.2) is 0 Å². The number of amides is 1. The number of nitrogens with zero attached hydrogens (tertiary/aromatic N) is 5. The second-order valence-electron chi connectivity index (χ2n) is 8.15. The lowest BCUT2D eigenvalue weighted by atomic mass is 9.89. The highest BCUT2D eigenvalue weighted by Gasteiger charge is 2.27. The lowest BCUT2D eigenvalue weighted by Gasteiger charge is -2.28. The standard InChI is InChI=1S/C19H31N5O/c25-19(15-24-14-18(20-21-24)17-7-8-17)23-10-4-9-22(11-12-23)13-16-5-2-1-3-6-16/h14,16-17H,1-13,15H2. The lowest BCUT2D eigenvalue weighted by Crippen LogP contribution is -2.38. The first-order valence-electron chi connectivity index (χ1n) is 10.2. The molecular weight excluding hydrogens is 314 g/mol. The Morgan fingerprint density at radius 3 is 2.64 bits per heavy atom. The van der Waals surface area contributed by atoms with Gasteiger partial charge in [-0.2, -0.15) is 0 Å². The number of carbonyl (C=O) groups excluding carboxylic acids is 1. The Balaban J connectivity index is 1.25. The Morgan fingerprint density at radius 2 is 1.84 bits per heavy atom. The van der Waals surface area contributed by atoms with Crippen molar-refractivity contribution in [3.05, 3.63) is 11.9 Å². The lowest BCUT2D eigenvalue weighted by molar-refractivity contribution is -0.131. The number of hydrogen-bond acceptors (Lipinski definition) is 4. The molecule has 1 aromatic rings. The molecule has 0 aromatic carbocycles. The molecule has 2 saturated carbocycles. The first-order chi connectivity index (χ1) is 12.3. The monoisotopic (exact) mass is 345 g/mol. The molecule has 1 amide bonds. The maximum atomic E-state index is 12.6. The molecular formula is C19H31N5O. The summed E-state index contributed by atoms with van der Waals surface area (Å²) < 4.78 is 1.72. The van der Waals surface area contributed by atoms with Crippen molar-refractivity contribution in [2.75, 3.05) is 32.7 Å². The van der Waals surface area contributed by atoms with Crippen molar-refractivity contribution >= 4 is 5.91 Å². The minimum absolute atomic E-state index is 0.187. The van der Waals surface area contributed by atoms with Gasteiger partial charge in [-0.15, -0.1) is 5.10 Å². The maximum absolute atomic E-state index is 12.6. The Bertz CT molecular complexity index is 576. The summed E-state index contributed by atoms with van der Waals surface area (Å²) in [6, 6.07) is 0. The number of rotatable bonds is 5. The van der Waals surface area contributed by atoms with Gasteiger partial charge in [-0.1, -0.05) is 24.5 Å². The van der Waals surface area contributed by atoms with Crippen LogP contribution in [0.1, 0.15) is 63.0 Å².